The third-order valence-electron chi connectivity index (χ3n) is 2.79. The summed E-state index contributed by atoms with van der Waals surface area (Å²) >= 11 is 3.51. The molecule has 0 aliphatic heterocycles. The monoisotopic (exact) mass is 300 g/mol. The van der Waals surface area contributed by atoms with Crippen LogP contribution in [-0.2, 0) is 0 Å². The lowest BCUT2D eigenvalue weighted by molar-refractivity contribution is 0.883. The quantitative estimate of drug-likeness (QED) is 0.906. The van der Waals surface area contributed by atoms with E-state index in [0.29, 0.717) is 5.56 Å². The van der Waals surface area contributed by atoms with Crippen LogP contribution >= 0.6 is 15.9 Å². The number of hydrogen-bond acceptors (Lipinski definition) is 2. The molecular weight excluding hydrogens is 288 g/mol. The van der Waals surface area contributed by atoms with Crippen LogP contribution < -0.4 is 5.32 Å². The van der Waals surface area contributed by atoms with Crippen molar-refractivity contribution in [1.29, 1.82) is 5.26 Å². The molecule has 0 amide bonds. The molecule has 0 bridgehead atoms. The van der Waals surface area contributed by atoms with E-state index in [-0.39, 0.29) is 6.04 Å². The van der Waals surface area contributed by atoms with Crippen LogP contribution in [0.1, 0.15) is 24.1 Å². The second-order valence-corrected chi connectivity index (χ2v) is 4.93. The predicted octanol–water partition coefficient (Wildman–Crippen LogP) is 4.49. The Hall–Kier alpha value is -1.79. The molecule has 0 aromatic heterocycles. The first-order valence-corrected chi connectivity index (χ1v) is 6.51. The smallest absolute Gasteiger partial charge is 0.0991 e. The average Bonchev–Trinajstić information content (AvgIpc) is 2.41. The first-order valence-electron chi connectivity index (χ1n) is 5.72. The zero-order valence-corrected chi connectivity index (χ0v) is 11.6. The highest BCUT2D eigenvalue weighted by molar-refractivity contribution is 9.10. The third kappa shape index (κ3) is 2.91. The van der Waals surface area contributed by atoms with Crippen LogP contribution in [0.5, 0.6) is 0 Å². The Labute approximate surface area is 115 Å². The molecule has 18 heavy (non-hydrogen) atoms. The average molecular weight is 301 g/mol. The number of halogens is 1. The third-order valence-corrected chi connectivity index (χ3v) is 3.48. The van der Waals surface area contributed by atoms with Crippen molar-refractivity contribution in [3.05, 3.63) is 64.1 Å². The Bertz CT molecular complexity index is 570. The molecule has 0 fully saturated rings. The minimum Gasteiger partial charge on any atom is -0.378 e. The zero-order valence-electron chi connectivity index (χ0n) is 10.0. The second-order valence-electron chi connectivity index (χ2n) is 4.08. The molecule has 0 radical (unpaired) electrons. The lowest BCUT2D eigenvalue weighted by Crippen LogP contribution is -2.06. The summed E-state index contributed by atoms with van der Waals surface area (Å²) in [5.41, 5.74) is 2.91. The molecule has 1 N–H and O–H groups in total. The number of anilines is 1. The normalized spacial score (nSPS) is 11.6. The van der Waals surface area contributed by atoms with E-state index in [1.165, 1.54) is 0 Å². The van der Waals surface area contributed by atoms with Crippen molar-refractivity contribution in [2.45, 2.75) is 13.0 Å². The van der Waals surface area contributed by atoms with Gasteiger partial charge in [0.2, 0.25) is 0 Å². The highest BCUT2D eigenvalue weighted by Gasteiger charge is 2.06. The van der Waals surface area contributed by atoms with Crippen LogP contribution in [0.3, 0.4) is 0 Å². The molecule has 1 atom stereocenters. The molecule has 2 aromatic rings. The summed E-state index contributed by atoms with van der Waals surface area (Å²) in [4.78, 5) is 0. The first-order chi connectivity index (χ1) is 8.70. The minimum atomic E-state index is 0.191. The molecule has 3 heteroatoms. The summed E-state index contributed by atoms with van der Waals surface area (Å²) in [6, 6.07) is 18.0. The van der Waals surface area contributed by atoms with Gasteiger partial charge >= 0.3 is 0 Å². The number of nitrogens with zero attached hydrogens (tertiary/aromatic N) is 1. The van der Waals surface area contributed by atoms with Crippen LogP contribution in [0.15, 0.2) is 53.0 Å². The SMILES string of the molecule is CC(Nc1ccccc1Br)c1ccc(C#N)cc1. The number of nitrogens with one attached hydrogen (secondary N) is 1. The number of benzene rings is 2. The molecule has 0 saturated carbocycles. The summed E-state index contributed by atoms with van der Waals surface area (Å²) in [6.07, 6.45) is 0. The molecule has 2 rings (SSSR count). The maximum atomic E-state index is 8.77. The van der Waals surface area contributed by atoms with Gasteiger partial charge in [-0.15, -0.1) is 0 Å². The molecule has 0 heterocycles. The van der Waals surface area contributed by atoms with E-state index in [2.05, 4.69) is 34.2 Å². The molecule has 90 valence electrons. The highest BCUT2D eigenvalue weighted by Crippen LogP contribution is 2.26. The van der Waals surface area contributed by atoms with E-state index in [4.69, 9.17) is 5.26 Å². The summed E-state index contributed by atoms with van der Waals surface area (Å²) in [5.74, 6) is 0. The van der Waals surface area contributed by atoms with Crippen LogP contribution in [0.2, 0.25) is 0 Å². The fourth-order valence-electron chi connectivity index (χ4n) is 1.74. The van der Waals surface area contributed by atoms with Gasteiger partial charge < -0.3 is 5.32 Å². The van der Waals surface area contributed by atoms with Gasteiger partial charge in [0, 0.05) is 16.2 Å². The van der Waals surface area contributed by atoms with E-state index in [9.17, 15) is 0 Å². The summed E-state index contributed by atoms with van der Waals surface area (Å²) < 4.78 is 1.05. The largest absolute Gasteiger partial charge is 0.378 e. The van der Waals surface area contributed by atoms with Crippen LogP contribution in [0.25, 0.3) is 0 Å². The number of nitriles is 1. The van der Waals surface area contributed by atoms with Gasteiger partial charge in [0.15, 0.2) is 0 Å². The Morgan fingerprint density at radius 2 is 1.78 bits per heavy atom. The zero-order chi connectivity index (χ0) is 13.0. The summed E-state index contributed by atoms with van der Waals surface area (Å²) in [6.45, 7) is 2.10. The van der Waals surface area contributed by atoms with Gasteiger partial charge in [0.1, 0.15) is 0 Å². The van der Waals surface area contributed by atoms with Crippen LogP contribution in [0.4, 0.5) is 5.69 Å². The number of rotatable bonds is 3. The van der Waals surface area contributed by atoms with Gasteiger partial charge in [-0.25, -0.2) is 0 Å². The minimum absolute atomic E-state index is 0.191. The molecule has 2 aromatic carbocycles. The van der Waals surface area contributed by atoms with Crippen molar-refractivity contribution < 1.29 is 0 Å². The van der Waals surface area contributed by atoms with E-state index >= 15 is 0 Å². The summed E-state index contributed by atoms with van der Waals surface area (Å²) in [7, 11) is 0. The van der Waals surface area contributed by atoms with Gasteiger partial charge in [-0.2, -0.15) is 5.26 Å². The second kappa shape index (κ2) is 5.70. The van der Waals surface area contributed by atoms with E-state index < -0.39 is 0 Å². The molecule has 2 nitrogen and oxygen atoms in total. The van der Waals surface area contributed by atoms with Gasteiger partial charge in [-0.3, -0.25) is 0 Å². The highest BCUT2D eigenvalue weighted by atomic mass is 79.9. The maximum Gasteiger partial charge on any atom is 0.0991 e. The number of hydrogen-bond donors (Lipinski definition) is 1. The molecular formula is C15H13BrN2. The lowest BCUT2D eigenvalue weighted by Gasteiger charge is -2.16. The lowest BCUT2D eigenvalue weighted by atomic mass is 10.1. The Morgan fingerprint density at radius 1 is 1.11 bits per heavy atom. The fraction of sp³-hybridized carbons (Fsp3) is 0.133. The van der Waals surface area contributed by atoms with Crippen molar-refractivity contribution in [2.75, 3.05) is 5.32 Å². The fourth-order valence-corrected chi connectivity index (χ4v) is 2.14. The number of para-hydroxylation sites is 1. The Balaban J connectivity index is 2.15. The van der Waals surface area contributed by atoms with Crippen molar-refractivity contribution >= 4 is 21.6 Å². The van der Waals surface area contributed by atoms with E-state index in [1.807, 2.05) is 48.5 Å². The molecule has 0 aliphatic rings. The molecule has 0 spiro atoms. The molecule has 1 unspecified atom stereocenters. The first kappa shape index (κ1) is 12.7. The van der Waals surface area contributed by atoms with Crippen molar-refractivity contribution in [3.63, 3.8) is 0 Å². The van der Waals surface area contributed by atoms with Gasteiger partial charge in [-0.1, -0.05) is 24.3 Å². The van der Waals surface area contributed by atoms with Crippen LogP contribution in [-0.4, -0.2) is 0 Å². The standard InChI is InChI=1S/C15H13BrN2/c1-11(13-8-6-12(10-17)7-9-13)18-15-5-3-2-4-14(15)16/h2-9,11,18H,1H3. The Morgan fingerprint density at radius 3 is 2.39 bits per heavy atom. The predicted molar refractivity (Wildman–Crippen MR) is 77.3 cm³/mol. The van der Waals surface area contributed by atoms with E-state index in [0.717, 1.165) is 15.7 Å². The van der Waals surface area contributed by atoms with Crippen molar-refractivity contribution in [2.24, 2.45) is 0 Å². The van der Waals surface area contributed by atoms with E-state index in [1.54, 1.807) is 0 Å². The van der Waals surface area contributed by atoms with Gasteiger partial charge in [0.25, 0.3) is 0 Å². The van der Waals surface area contributed by atoms with Gasteiger partial charge in [-0.05, 0) is 52.7 Å². The Kier molecular flexibility index (Phi) is 4.01. The van der Waals surface area contributed by atoms with Gasteiger partial charge in [0.05, 0.1) is 11.6 Å². The van der Waals surface area contributed by atoms with Crippen molar-refractivity contribution in [3.8, 4) is 6.07 Å². The summed E-state index contributed by atoms with van der Waals surface area (Å²) in [5, 5.41) is 12.2. The maximum absolute atomic E-state index is 8.77. The topological polar surface area (TPSA) is 35.8 Å². The molecule has 0 aliphatic carbocycles. The van der Waals surface area contributed by atoms with Crippen molar-refractivity contribution in [1.82, 2.24) is 0 Å². The molecule has 0 saturated heterocycles. The van der Waals surface area contributed by atoms with Crippen LogP contribution in [0, 0.1) is 11.3 Å².